The fourth-order valence-corrected chi connectivity index (χ4v) is 2.64. The van der Waals surface area contributed by atoms with Crippen LogP contribution in [0.1, 0.15) is 37.8 Å². The summed E-state index contributed by atoms with van der Waals surface area (Å²) in [6, 6.07) is 4.45. The Morgan fingerprint density at radius 2 is 2.06 bits per heavy atom. The van der Waals surface area contributed by atoms with Gasteiger partial charge in [-0.25, -0.2) is 0 Å². The second-order valence-electron chi connectivity index (χ2n) is 4.89. The average molecular weight is 243 g/mol. The molecule has 0 bridgehead atoms. The maximum atomic E-state index is 12.8. The van der Waals surface area contributed by atoms with Crippen LogP contribution in [0.3, 0.4) is 0 Å². The summed E-state index contributed by atoms with van der Waals surface area (Å²) in [6.45, 7) is 4.66. The van der Waals surface area contributed by atoms with Crippen molar-refractivity contribution in [3.8, 4) is 0 Å². The first-order chi connectivity index (χ1) is 7.88. The van der Waals surface area contributed by atoms with Gasteiger partial charge in [0.15, 0.2) is 0 Å². The van der Waals surface area contributed by atoms with Gasteiger partial charge in [-0.15, -0.1) is 0 Å². The van der Waals surface area contributed by atoms with E-state index >= 15 is 0 Å². The molecule has 0 spiro atoms. The van der Waals surface area contributed by atoms with Crippen LogP contribution >= 0.6 is 0 Å². The topological polar surface area (TPSA) is 12.0 Å². The Labute approximate surface area is 99.0 Å². The van der Waals surface area contributed by atoms with Crippen molar-refractivity contribution in [3.05, 3.63) is 29.3 Å². The van der Waals surface area contributed by atoms with E-state index in [9.17, 15) is 13.2 Å². The van der Waals surface area contributed by atoms with Crippen molar-refractivity contribution in [1.29, 1.82) is 0 Å². The lowest BCUT2D eigenvalue weighted by Gasteiger charge is -2.23. The third-order valence-electron chi connectivity index (χ3n) is 3.48. The number of rotatable bonds is 2. The van der Waals surface area contributed by atoms with Crippen LogP contribution in [0.5, 0.6) is 0 Å². The number of hydrogen-bond acceptors (Lipinski definition) is 1. The van der Waals surface area contributed by atoms with E-state index in [4.69, 9.17) is 0 Å². The predicted octanol–water partition coefficient (Wildman–Crippen LogP) is 4.19. The highest BCUT2D eigenvalue weighted by Crippen LogP contribution is 2.45. The van der Waals surface area contributed by atoms with Gasteiger partial charge in [0.05, 0.1) is 11.3 Å². The van der Waals surface area contributed by atoms with E-state index in [0.29, 0.717) is 6.54 Å². The molecule has 1 N–H and O–H groups in total. The van der Waals surface area contributed by atoms with Crippen LogP contribution in [-0.4, -0.2) is 6.54 Å². The van der Waals surface area contributed by atoms with E-state index in [0.717, 1.165) is 24.5 Å². The molecule has 1 unspecified atom stereocenters. The summed E-state index contributed by atoms with van der Waals surface area (Å²) in [5, 5.41) is 2.93. The van der Waals surface area contributed by atoms with Gasteiger partial charge in [-0.3, -0.25) is 0 Å². The van der Waals surface area contributed by atoms with Crippen LogP contribution in [-0.2, 0) is 11.6 Å². The Bertz CT molecular complexity index is 425. The number of nitrogens with one attached hydrogen (secondary N) is 1. The first-order valence-corrected chi connectivity index (χ1v) is 5.83. The SMILES string of the molecule is CCCC1(C)CNc2c(C(F)(F)F)cccc21. The van der Waals surface area contributed by atoms with Crippen LogP contribution < -0.4 is 5.32 Å². The third-order valence-corrected chi connectivity index (χ3v) is 3.48. The van der Waals surface area contributed by atoms with Gasteiger partial charge in [0.2, 0.25) is 0 Å². The number of alkyl halides is 3. The molecule has 0 aliphatic carbocycles. The summed E-state index contributed by atoms with van der Waals surface area (Å²) < 4.78 is 38.5. The van der Waals surface area contributed by atoms with Gasteiger partial charge >= 0.3 is 6.18 Å². The number of anilines is 1. The number of hydrogen-bond donors (Lipinski definition) is 1. The quantitative estimate of drug-likeness (QED) is 0.821. The summed E-state index contributed by atoms with van der Waals surface area (Å²) in [5.74, 6) is 0. The van der Waals surface area contributed by atoms with Crippen LogP contribution in [0.25, 0.3) is 0 Å². The van der Waals surface area contributed by atoms with E-state index < -0.39 is 11.7 Å². The minimum absolute atomic E-state index is 0.175. The summed E-state index contributed by atoms with van der Waals surface area (Å²) in [6.07, 6.45) is -2.42. The van der Waals surface area contributed by atoms with Crippen molar-refractivity contribution in [2.75, 3.05) is 11.9 Å². The Morgan fingerprint density at radius 1 is 1.35 bits per heavy atom. The van der Waals surface area contributed by atoms with Gasteiger partial charge in [0.25, 0.3) is 0 Å². The van der Waals surface area contributed by atoms with Crippen molar-refractivity contribution < 1.29 is 13.2 Å². The normalized spacial score (nSPS) is 23.4. The molecule has 0 aromatic heterocycles. The molecule has 1 atom stereocenters. The molecule has 4 heteroatoms. The fraction of sp³-hybridized carbons (Fsp3) is 0.538. The van der Waals surface area contributed by atoms with E-state index in [1.54, 1.807) is 6.07 Å². The Balaban J connectivity index is 2.50. The molecule has 94 valence electrons. The van der Waals surface area contributed by atoms with Crippen LogP contribution in [0.15, 0.2) is 18.2 Å². The van der Waals surface area contributed by atoms with Crippen molar-refractivity contribution >= 4 is 5.69 Å². The molecule has 0 saturated carbocycles. The maximum Gasteiger partial charge on any atom is 0.418 e. The maximum absolute atomic E-state index is 12.8. The zero-order chi connectivity index (χ0) is 12.7. The highest BCUT2D eigenvalue weighted by Gasteiger charge is 2.41. The highest BCUT2D eigenvalue weighted by molar-refractivity contribution is 5.65. The monoisotopic (exact) mass is 243 g/mol. The van der Waals surface area contributed by atoms with Gasteiger partial charge in [0, 0.05) is 12.0 Å². The molecule has 2 rings (SSSR count). The van der Waals surface area contributed by atoms with E-state index in [1.807, 2.05) is 6.92 Å². The number of fused-ring (bicyclic) bond motifs is 1. The largest absolute Gasteiger partial charge is 0.418 e. The van der Waals surface area contributed by atoms with Crippen LogP contribution in [0, 0.1) is 0 Å². The third kappa shape index (κ3) is 2.01. The molecule has 0 saturated heterocycles. The minimum atomic E-state index is -4.28. The molecule has 1 aromatic carbocycles. The van der Waals surface area contributed by atoms with Gasteiger partial charge in [-0.05, 0) is 18.1 Å². The van der Waals surface area contributed by atoms with E-state index in [1.165, 1.54) is 6.07 Å². The molecule has 1 aliphatic heterocycles. The van der Waals surface area contributed by atoms with E-state index in [2.05, 4.69) is 12.2 Å². The molecule has 1 aromatic rings. The number of para-hydroxylation sites is 1. The molecule has 0 amide bonds. The standard InChI is InChI=1S/C13H16F3N/c1-3-7-12(2)8-17-11-9(12)5-4-6-10(11)13(14,15)16/h4-6,17H,3,7-8H2,1-2H3. The predicted molar refractivity (Wildman–Crippen MR) is 62.2 cm³/mol. The molecule has 17 heavy (non-hydrogen) atoms. The summed E-state index contributed by atoms with van der Waals surface area (Å²) >= 11 is 0. The van der Waals surface area contributed by atoms with Gasteiger partial charge < -0.3 is 5.32 Å². The second kappa shape index (κ2) is 3.93. The highest BCUT2D eigenvalue weighted by atomic mass is 19.4. The summed E-state index contributed by atoms with van der Waals surface area (Å²) in [7, 11) is 0. The Morgan fingerprint density at radius 3 is 2.65 bits per heavy atom. The van der Waals surface area contributed by atoms with Crippen molar-refractivity contribution in [3.63, 3.8) is 0 Å². The average Bonchev–Trinajstić information content (AvgIpc) is 2.56. The molecule has 0 radical (unpaired) electrons. The summed E-state index contributed by atoms with van der Waals surface area (Å²) in [5.41, 5.74) is 0.352. The van der Waals surface area contributed by atoms with Crippen molar-refractivity contribution in [2.24, 2.45) is 0 Å². The zero-order valence-corrected chi connectivity index (χ0v) is 9.99. The van der Waals surface area contributed by atoms with Gasteiger partial charge in [-0.1, -0.05) is 32.4 Å². The second-order valence-corrected chi connectivity index (χ2v) is 4.89. The molecule has 1 nitrogen and oxygen atoms in total. The molecule has 1 heterocycles. The number of benzene rings is 1. The smallest absolute Gasteiger partial charge is 0.383 e. The molecule has 0 fully saturated rings. The minimum Gasteiger partial charge on any atom is -0.383 e. The molecular formula is C13H16F3N. The molecular weight excluding hydrogens is 227 g/mol. The van der Waals surface area contributed by atoms with Gasteiger partial charge in [0.1, 0.15) is 0 Å². The molecule has 1 aliphatic rings. The van der Waals surface area contributed by atoms with Crippen molar-refractivity contribution in [2.45, 2.75) is 38.3 Å². The lowest BCUT2D eigenvalue weighted by Crippen LogP contribution is -2.23. The van der Waals surface area contributed by atoms with E-state index in [-0.39, 0.29) is 11.1 Å². The first-order valence-electron chi connectivity index (χ1n) is 5.83. The number of halogens is 3. The fourth-order valence-electron chi connectivity index (χ4n) is 2.64. The lowest BCUT2D eigenvalue weighted by atomic mass is 9.80. The summed E-state index contributed by atoms with van der Waals surface area (Å²) in [4.78, 5) is 0. The Kier molecular flexibility index (Phi) is 2.84. The van der Waals surface area contributed by atoms with Crippen molar-refractivity contribution in [1.82, 2.24) is 0 Å². The van der Waals surface area contributed by atoms with Crippen LogP contribution in [0.4, 0.5) is 18.9 Å². The first kappa shape index (κ1) is 12.3. The van der Waals surface area contributed by atoms with Crippen LogP contribution in [0.2, 0.25) is 0 Å². The van der Waals surface area contributed by atoms with Gasteiger partial charge in [-0.2, -0.15) is 13.2 Å². The zero-order valence-electron chi connectivity index (χ0n) is 9.99. The lowest BCUT2D eigenvalue weighted by molar-refractivity contribution is -0.136. The Hall–Kier alpha value is -1.19.